The lowest BCUT2D eigenvalue weighted by molar-refractivity contribution is 0.112. The number of carbonyl (C=O) groups excluding carboxylic acids is 1. The Kier molecular flexibility index (Phi) is 12.0. The van der Waals surface area contributed by atoms with E-state index in [-0.39, 0.29) is 0 Å². The van der Waals surface area contributed by atoms with E-state index in [9.17, 15) is 4.79 Å². The van der Waals surface area contributed by atoms with Crippen LogP contribution in [0.25, 0.3) is 5.52 Å². The van der Waals surface area contributed by atoms with Crippen LogP contribution in [0.4, 0.5) is 5.69 Å². The molecule has 0 spiro atoms. The first kappa shape index (κ1) is 31.8. The van der Waals surface area contributed by atoms with Crippen LogP contribution in [0.5, 0.6) is 0 Å². The monoisotopic (exact) mass is 531 g/mol. The summed E-state index contributed by atoms with van der Waals surface area (Å²) in [6, 6.07) is 4.16. The van der Waals surface area contributed by atoms with E-state index >= 15 is 0 Å². The standard InChI is InChI=1S/C17H23N3O.C14H20N2.C2H6/c1-4-17(8-13(2)3)11-19(12-17)15-5-6-20-16(7-15)14(10-21)9-18-20;1-6-8-10(3)15-11(4)13(7-2)9-14-12(5)16-14;1-2/h5-7,9-10,13H,4,8,11-12H2,1-3H3;7,9,16H,2,4,6,8H2,1,3,5H3;1-2H3/b;13-9+,15-10?;. The molecule has 2 aliphatic heterocycles. The molecule has 2 aromatic heterocycles. The highest BCUT2D eigenvalue weighted by molar-refractivity contribution is 5.86. The topological polar surface area (TPSA) is 71.9 Å². The number of aldehydes is 1. The van der Waals surface area contributed by atoms with Crippen molar-refractivity contribution in [1.82, 2.24) is 14.9 Å². The third-order valence-electron chi connectivity index (χ3n) is 7.13. The largest absolute Gasteiger partial charge is 0.370 e. The average molecular weight is 532 g/mol. The van der Waals surface area contributed by atoms with Crippen molar-refractivity contribution in [3.8, 4) is 0 Å². The van der Waals surface area contributed by atoms with Crippen molar-refractivity contribution in [1.29, 1.82) is 0 Å². The maximum atomic E-state index is 11.1. The summed E-state index contributed by atoms with van der Waals surface area (Å²) in [6.45, 7) is 27.1. The summed E-state index contributed by atoms with van der Waals surface area (Å²) < 4.78 is 1.76. The summed E-state index contributed by atoms with van der Waals surface area (Å²) >= 11 is 0. The summed E-state index contributed by atoms with van der Waals surface area (Å²) in [5.41, 5.74) is 8.45. The van der Waals surface area contributed by atoms with Gasteiger partial charge in [-0.25, -0.2) is 4.52 Å². The number of anilines is 1. The Morgan fingerprint density at radius 3 is 2.46 bits per heavy atom. The minimum atomic E-state index is 0.466. The smallest absolute Gasteiger partial charge is 0.153 e. The number of carbonyl (C=O) groups is 1. The molecule has 1 fully saturated rings. The first-order chi connectivity index (χ1) is 18.6. The van der Waals surface area contributed by atoms with Crippen molar-refractivity contribution in [2.45, 2.75) is 81.1 Å². The molecule has 4 rings (SSSR count). The van der Waals surface area contributed by atoms with Crippen LogP contribution in [0, 0.1) is 11.3 Å². The lowest BCUT2D eigenvalue weighted by Gasteiger charge is -2.52. The van der Waals surface area contributed by atoms with Crippen LogP contribution in [-0.2, 0) is 0 Å². The maximum Gasteiger partial charge on any atom is 0.153 e. The third kappa shape index (κ3) is 8.54. The van der Waals surface area contributed by atoms with Gasteiger partial charge in [-0.05, 0) is 57.2 Å². The van der Waals surface area contributed by atoms with Crippen molar-refractivity contribution >= 4 is 23.2 Å². The number of hydrogen-bond acceptors (Lipinski definition) is 5. The Labute approximate surface area is 236 Å². The molecular formula is C33H49N5O. The van der Waals surface area contributed by atoms with Crippen LogP contribution in [0.15, 0.2) is 77.5 Å². The number of fused-ring (bicyclic) bond motifs is 1. The Hall–Kier alpha value is -3.41. The zero-order valence-electron chi connectivity index (χ0n) is 25.5. The van der Waals surface area contributed by atoms with Gasteiger partial charge in [0.15, 0.2) is 6.29 Å². The highest BCUT2D eigenvalue weighted by atomic mass is 16.1. The lowest BCUT2D eigenvalue weighted by Crippen LogP contribution is -2.56. The Morgan fingerprint density at radius 1 is 1.28 bits per heavy atom. The molecule has 2 aliphatic rings. The molecule has 0 bridgehead atoms. The molecular weight excluding hydrogens is 482 g/mol. The van der Waals surface area contributed by atoms with Crippen LogP contribution >= 0.6 is 0 Å². The van der Waals surface area contributed by atoms with E-state index in [0.717, 1.165) is 66.3 Å². The number of pyridine rings is 1. The fourth-order valence-corrected chi connectivity index (χ4v) is 5.03. The van der Waals surface area contributed by atoms with Crippen molar-refractivity contribution in [3.63, 3.8) is 0 Å². The Morgan fingerprint density at radius 2 is 1.95 bits per heavy atom. The Bertz CT molecular complexity index is 1240. The second-order valence-electron chi connectivity index (χ2n) is 10.8. The van der Waals surface area contributed by atoms with Crippen molar-refractivity contribution in [2.24, 2.45) is 16.3 Å². The molecule has 39 heavy (non-hydrogen) atoms. The molecule has 2 aromatic rings. The van der Waals surface area contributed by atoms with Crippen molar-refractivity contribution in [2.75, 3.05) is 18.0 Å². The van der Waals surface area contributed by atoms with Gasteiger partial charge in [-0.2, -0.15) is 5.10 Å². The van der Waals surface area contributed by atoms with E-state index in [1.165, 1.54) is 24.2 Å². The first-order valence-corrected chi connectivity index (χ1v) is 14.4. The summed E-state index contributed by atoms with van der Waals surface area (Å²) in [4.78, 5) is 17.9. The van der Waals surface area contributed by atoms with Crippen molar-refractivity contribution in [3.05, 3.63) is 78.1 Å². The molecule has 0 radical (unpaired) electrons. The minimum Gasteiger partial charge on any atom is -0.370 e. The van der Waals surface area contributed by atoms with E-state index in [2.05, 4.69) is 73.3 Å². The van der Waals surface area contributed by atoms with Gasteiger partial charge in [0.2, 0.25) is 0 Å². The third-order valence-corrected chi connectivity index (χ3v) is 7.13. The van der Waals surface area contributed by atoms with E-state index in [0.29, 0.717) is 11.0 Å². The summed E-state index contributed by atoms with van der Waals surface area (Å²) in [5, 5.41) is 7.33. The quantitative estimate of drug-likeness (QED) is 0.180. The van der Waals surface area contributed by atoms with Gasteiger partial charge in [0.1, 0.15) is 0 Å². The SMILES string of the molecule is C=C/C(=C\C1=C(C)N1)C(=C)N=C(C)CCC.CC.CCC1(CC(C)C)CN(c2ccn3ncc(C=O)c3c2)C1. The van der Waals surface area contributed by atoms with Crippen LogP contribution in [0.2, 0.25) is 0 Å². The minimum absolute atomic E-state index is 0.466. The van der Waals surface area contributed by atoms with Gasteiger partial charge < -0.3 is 10.2 Å². The van der Waals surface area contributed by atoms with Crippen LogP contribution in [-0.4, -0.2) is 34.7 Å². The van der Waals surface area contributed by atoms with Gasteiger partial charge in [-0.3, -0.25) is 9.79 Å². The highest BCUT2D eigenvalue weighted by Crippen LogP contribution is 2.42. The molecule has 0 unspecified atom stereocenters. The fourth-order valence-electron chi connectivity index (χ4n) is 5.03. The number of nitrogens with one attached hydrogen (secondary N) is 1. The molecule has 1 N–H and O–H groups in total. The Balaban J connectivity index is 0.000000267. The van der Waals surface area contributed by atoms with E-state index in [1.807, 2.05) is 40.0 Å². The molecule has 0 aromatic carbocycles. The molecule has 1 saturated heterocycles. The molecule has 0 saturated carbocycles. The molecule has 6 heteroatoms. The zero-order valence-corrected chi connectivity index (χ0v) is 25.5. The van der Waals surface area contributed by atoms with Gasteiger partial charge in [0, 0.05) is 47.4 Å². The number of aromatic nitrogens is 2. The van der Waals surface area contributed by atoms with Crippen LogP contribution < -0.4 is 10.2 Å². The van der Waals surface area contributed by atoms with Crippen LogP contribution in [0.3, 0.4) is 0 Å². The first-order valence-electron chi connectivity index (χ1n) is 14.4. The molecule has 0 atom stereocenters. The predicted molar refractivity (Wildman–Crippen MR) is 168 cm³/mol. The van der Waals surface area contributed by atoms with Gasteiger partial charge >= 0.3 is 0 Å². The zero-order chi connectivity index (χ0) is 29.2. The predicted octanol–water partition coefficient (Wildman–Crippen LogP) is 8.14. The molecule has 0 aliphatic carbocycles. The second kappa shape index (κ2) is 14.7. The fraction of sp³-hybridized carbons (Fsp3) is 0.485. The molecule has 212 valence electrons. The lowest BCUT2D eigenvalue weighted by atomic mass is 9.71. The number of aliphatic imine (C=N–C) groups is 1. The van der Waals surface area contributed by atoms with Gasteiger partial charge in [-0.15, -0.1) is 0 Å². The summed E-state index contributed by atoms with van der Waals surface area (Å²) in [6.07, 6.45) is 12.9. The normalized spacial score (nSPS) is 16.0. The maximum absolute atomic E-state index is 11.1. The van der Waals surface area contributed by atoms with E-state index < -0.39 is 0 Å². The number of hydrogen-bond donors (Lipinski definition) is 1. The number of rotatable bonds is 11. The summed E-state index contributed by atoms with van der Waals surface area (Å²) in [5.74, 6) is 0.742. The summed E-state index contributed by atoms with van der Waals surface area (Å²) in [7, 11) is 0. The molecule has 6 nitrogen and oxygen atoms in total. The van der Waals surface area contributed by atoms with E-state index in [4.69, 9.17) is 0 Å². The second-order valence-corrected chi connectivity index (χ2v) is 10.8. The average Bonchev–Trinajstić information content (AvgIpc) is 3.44. The van der Waals surface area contributed by atoms with E-state index in [1.54, 1.807) is 16.8 Å². The van der Waals surface area contributed by atoms with Gasteiger partial charge in [-0.1, -0.05) is 67.2 Å². The van der Waals surface area contributed by atoms with Gasteiger partial charge in [0.25, 0.3) is 0 Å². The molecule has 4 heterocycles. The molecule has 0 amide bonds. The number of nitrogens with zero attached hydrogens (tertiary/aromatic N) is 4. The number of allylic oxidation sites excluding steroid dienone is 3. The van der Waals surface area contributed by atoms with Crippen molar-refractivity contribution < 1.29 is 4.79 Å². The highest BCUT2D eigenvalue weighted by Gasteiger charge is 2.41. The van der Waals surface area contributed by atoms with Gasteiger partial charge in [0.05, 0.1) is 28.7 Å². The van der Waals surface area contributed by atoms with Crippen LogP contribution in [0.1, 0.15) is 91.4 Å².